The number of carboxylic acid groups (broad SMARTS) is 1. The molecule has 1 aromatic carbocycles. The molecule has 1 saturated heterocycles. The Kier molecular flexibility index (Phi) is 11.5. The minimum absolute atomic E-state index is 0.0133. The molecule has 2 aliphatic heterocycles. The molecular formula is C40H53F3N6O9S. The van der Waals surface area contributed by atoms with Crippen LogP contribution in [0.25, 0.3) is 10.8 Å². The first-order chi connectivity index (χ1) is 27.3. The predicted molar refractivity (Wildman–Crippen MR) is 210 cm³/mol. The van der Waals surface area contributed by atoms with Crippen LogP contribution >= 0.6 is 0 Å². The summed E-state index contributed by atoms with van der Waals surface area (Å²) in [6.45, 7) is 9.27. The van der Waals surface area contributed by atoms with Crippen LogP contribution in [0, 0.1) is 17.8 Å². The molecule has 3 fully saturated rings. The van der Waals surface area contributed by atoms with Crippen molar-refractivity contribution in [2.75, 3.05) is 6.54 Å². The van der Waals surface area contributed by atoms with E-state index < -0.39 is 104 Å². The highest BCUT2D eigenvalue weighted by molar-refractivity contribution is 7.91. The summed E-state index contributed by atoms with van der Waals surface area (Å²) in [5.74, 6) is -4.78. The third-order valence-electron chi connectivity index (χ3n) is 12.5. The van der Waals surface area contributed by atoms with Crippen LogP contribution in [-0.4, -0.2) is 104 Å². The summed E-state index contributed by atoms with van der Waals surface area (Å²) in [4.78, 5) is 71.0. The lowest BCUT2D eigenvalue weighted by Crippen LogP contribution is -2.66. The fraction of sp³-hybridized carbons (Fsp3) is 0.650. The molecule has 6 rings (SSSR count). The number of sulfonamides is 1. The van der Waals surface area contributed by atoms with Crippen LogP contribution in [0.5, 0.6) is 5.88 Å². The van der Waals surface area contributed by atoms with E-state index in [0.29, 0.717) is 44.9 Å². The van der Waals surface area contributed by atoms with E-state index >= 15 is 4.79 Å². The van der Waals surface area contributed by atoms with Crippen LogP contribution in [0.15, 0.2) is 41.2 Å². The summed E-state index contributed by atoms with van der Waals surface area (Å²) in [7, 11) is -4.14. The lowest BCUT2D eigenvalue weighted by atomic mass is 9.85. The number of amides is 4. The van der Waals surface area contributed by atoms with Crippen molar-refractivity contribution in [2.45, 2.75) is 140 Å². The Morgan fingerprint density at radius 3 is 2.32 bits per heavy atom. The number of benzene rings is 1. The van der Waals surface area contributed by atoms with E-state index in [4.69, 9.17) is 4.74 Å². The van der Waals surface area contributed by atoms with E-state index in [1.165, 1.54) is 18.5 Å². The molecule has 4 aliphatic rings. The maximum atomic E-state index is 15.0. The number of hydrogen-bond acceptors (Lipinski definition) is 9. The molecule has 59 heavy (non-hydrogen) atoms. The average molecular weight is 851 g/mol. The zero-order chi connectivity index (χ0) is 43.6. The van der Waals surface area contributed by atoms with Crippen LogP contribution in [0.1, 0.15) is 99.5 Å². The Balaban J connectivity index is 1.45. The van der Waals surface area contributed by atoms with Gasteiger partial charge in [0.2, 0.25) is 27.7 Å². The largest absolute Gasteiger partial charge is 0.471 e. The second-order valence-corrected chi connectivity index (χ2v) is 20.0. The van der Waals surface area contributed by atoms with Crippen LogP contribution in [0.2, 0.25) is 0 Å². The number of aromatic nitrogens is 2. The van der Waals surface area contributed by atoms with Gasteiger partial charge in [-0.3, -0.25) is 28.8 Å². The Labute approximate surface area is 340 Å². The first-order valence-electron chi connectivity index (χ1n) is 20.0. The van der Waals surface area contributed by atoms with Crippen molar-refractivity contribution < 1.29 is 50.6 Å². The van der Waals surface area contributed by atoms with E-state index in [1.54, 1.807) is 50.3 Å². The third kappa shape index (κ3) is 8.14. The molecule has 324 valence electrons. The van der Waals surface area contributed by atoms with Gasteiger partial charge in [0.1, 0.15) is 29.3 Å². The second kappa shape index (κ2) is 15.4. The highest BCUT2D eigenvalue weighted by atomic mass is 32.2. The van der Waals surface area contributed by atoms with E-state index in [1.807, 2.05) is 6.92 Å². The molecule has 15 nitrogen and oxygen atoms in total. The second-order valence-electron chi connectivity index (χ2n) is 17.8. The minimum atomic E-state index is -5.11. The highest BCUT2D eigenvalue weighted by Gasteiger charge is 2.64. The number of nitrogens with one attached hydrogen (secondary N) is 2. The number of fused-ring (bicyclic) bond motifs is 3. The summed E-state index contributed by atoms with van der Waals surface area (Å²) in [6, 6.07) is 2.66. The topological polar surface area (TPSA) is 197 Å². The monoisotopic (exact) mass is 850 g/mol. The van der Waals surface area contributed by atoms with E-state index in [2.05, 4.69) is 15.1 Å². The van der Waals surface area contributed by atoms with Gasteiger partial charge in [0.25, 0.3) is 11.5 Å². The van der Waals surface area contributed by atoms with Gasteiger partial charge in [-0.2, -0.15) is 13.2 Å². The normalized spacial score (nSPS) is 28.8. The third-order valence-corrected chi connectivity index (χ3v) is 14.7. The lowest BCUT2D eigenvalue weighted by Gasteiger charge is -2.45. The molecule has 19 heteroatoms. The number of allylic oxidation sites excluding steroid dienone is 1. The molecule has 3 heterocycles. The number of nitrogens with zero attached hydrogens (tertiary/aromatic N) is 4. The molecule has 0 radical (unpaired) electrons. The summed E-state index contributed by atoms with van der Waals surface area (Å²) in [6.07, 6.45) is -3.14. The molecule has 0 bridgehead atoms. The van der Waals surface area contributed by atoms with Gasteiger partial charge in [0, 0.05) is 12.3 Å². The summed E-state index contributed by atoms with van der Waals surface area (Å²) in [5.41, 5.74) is -5.19. The average Bonchev–Trinajstić information content (AvgIpc) is 4.02. The molecule has 4 amide bonds. The fourth-order valence-corrected chi connectivity index (χ4v) is 9.67. The molecule has 3 N–H and O–H groups in total. The van der Waals surface area contributed by atoms with Crippen molar-refractivity contribution in [3.63, 3.8) is 0 Å². The van der Waals surface area contributed by atoms with Crippen LogP contribution < -0.4 is 20.3 Å². The van der Waals surface area contributed by atoms with Crippen molar-refractivity contribution in [1.29, 1.82) is 0 Å². The number of ether oxygens (including phenoxy) is 1. The number of alkyl halides is 3. The van der Waals surface area contributed by atoms with Gasteiger partial charge in [0.05, 0.1) is 28.1 Å². The number of carbonyl (C=O) groups is 4. The SMILES string of the molecule is CC(C)n1nc(O[C@@H]2C[C@H]3C(=O)N[C@]4(C(=O)NS(=O)(=O)C5(C)CC5)C[C@H]4C=CCC[C@@H](C)C[C@@H](C)[C@H](N(C(=O)O)C(C)(C)C(F)(F)F)C(=O)N3C2)c2ccccc2c1=O. The number of rotatable bonds is 8. The van der Waals surface area contributed by atoms with Gasteiger partial charge >= 0.3 is 12.3 Å². The van der Waals surface area contributed by atoms with Crippen molar-refractivity contribution >= 4 is 44.6 Å². The van der Waals surface area contributed by atoms with Gasteiger partial charge in [-0.1, -0.05) is 38.1 Å². The maximum Gasteiger partial charge on any atom is 0.411 e. The Morgan fingerprint density at radius 2 is 1.73 bits per heavy atom. The van der Waals surface area contributed by atoms with E-state index in [0.717, 1.165) is 4.90 Å². The van der Waals surface area contributed by atoms with Crippen LogP contribution in [0.4, 0.5) is 18.0 Å². The first-order valence-corrected chi connectivity index (χ1v) is 21.5. The minimum Gasteiger partial charge on any atom is -0.471 e. The van der Waals surface area contributed by atoms with E-state index in [-0.39, 0.29) is 41.3 Å². The fourth-order valence-electron chi connectivity index (χ4n) is 8.36. The molecule has 7 atom stereocenters. The summed E-state index contributed by atoms with van der Waals surface area (Å²) < 4.78 is 79.2. The zero-order valence-corrected chi connectivity index (χ0v) is 35.0. The molecule has 2 aliphatic carbocycles. The zero-order valence-electron chi connectivity index (χ0n) is 34.2. The molecule has 2 aromatic rings. The molecular weight excluding hydrogens is 798 g/mol. The van der Waals surface area contributed by atoms with Crippen molar-refractivity contribution in [3.05, 3.63) is 46.8 Å². The Morgan fingerprint density at radius 1 is 1.08 bits per heavy atom. The van der Waals surface area contributed by atoms with Gasteiger partial charge in [-0.25, -0.2) is 17.9 Å². The quantitative estimate of drug-likeness (QED) is 0.307. The van der Waals surface area contributed by atoms with Crippen molar-refractivity contribution in [3.8, 4) is 5.88 Å². The predicted octanol–water partition coefficient (Wildman–Crippen LogP) is 4.90. The van der Waals surface area contributed by atoms with Crippen molar-refractivity contribution in [1.82, 2.24) is 29.6 Å². The highest BCUT2D eigenvalue weighted by Crippen LogP contribution is 2.48. The first kappa shape index (κ1) is 43.9. The van der Waals surface area contributed by atoms with E-state index in [9.17, 15) is 45.9 Å². The molecule has 0 spiro atoms. The van der Waals surface area contributed by atoms with Gasteiger partial charge < -0.3 is 20.1 Å². The van der Waals surface area contributed by atoms with Gasteiger partial charge in [-0.15, -0.1) is 5.10 Å². The lowest BCUT2D eigenvalue weighted by molar-refractivity contribution is -0.222. The Bertz CT molecular complexity index is 2220. The summed E-state index contributed by atoms with van der Waals surface area (Å²) in [5, 5.41) is 18.2. The molecule has 1 aromatic heterocycles. The number of hydrogen-bond donors (Lipinski definition) is 3. The van der Waals surface area contributed by atoms with Gasteiger partial charge in [-0.05, 0) is 97.1 Å². The van der Waals surface area contributed by atoms with Gasteiger partial charge in [0.15, 0.2) is 0 Å². The smallest absolute Gasteiger partial charge is 0.411 e. The van der Waals surface area contributed by atoms with Crippen LogP contribution in [0.3, 0.4) is 0 Å². The van der Waals surface area contributed by atoms with Crippen molar-refractivity contribution in [2.24, 2.45) is 17.8 Å². The summed E-state index contributed by atoms with van der Waals surface area (Å²) >= 11 is 0. The van der Waals surface area contributed by atoms with Crippen LogP contribution in [-0.2, 0) is 24.4 Å². The molecule has 0 unspecified atom stereocenters. The maximum absolute atomic E-state index is 15.0. The number of carbonyl (C=O) groups excluding carboxylic acids is 3. The number of halogens is 3. The standard InChI is InChI=1S/C40H53F3N6O9S/c1-22(2)49-33(51)28-15-11-10-14-27(28)32(45-49)58-26-19-29-31(50)44-39(35(53)46-59(56,57)38(7)16-17-38)20-25(39)13-9-8-12-23(3)18-24(4)30(34(52)47(29)21-26)48(36(54)55)37(5,6)40(41,42)43/h9-11,13-15,22-26,29-30H,8,12,16-21H2,1-7H3,(H,44,50)(H,46,53)(H,54,55)/t23-,24-,25-,26-,29+,30+,39-/m1/s1. The Hall–Kier alpha value is -4.68. The molecule has 2 saturated carbocycles.